The highest BCUT2D eigenvalue weighted by Gasteiger charge is 2.38. The van der Waals surface area contributed by atoms with E-state index in [1.165, 1.54) is 6.42 Å². The second-order valence-corrected chi connectivity index (χ2v) is 5.44. The predicted molar refractivity (Wildman–Crippen MR) is 68.5 cm³/mol. The summed E-state index contributed by atoms with van der Waals surface area (Å²) < 4.78 is 0. The van der Waals surface area contributed by atoms with Crippen molar-refractivity contribution in [3.63, 3.8) is 0 Å². The molecule has 2 aliphatic rings. The van der Waals surface area contributed by atoms with E-state index in [2.05, 4.69) is 20.4 Å². The molecule has 0 aliphatic carbocycles. The molecule has 2 fully saturated rings. The Bertz CT molecular complexity index is 448. The van der Waals surface area contributed by atoms with Gasteiger partial charge in [0.05, 0.1) is 11.3 Å². The van der Waals surface area contributed by atoms with Gasteiger partial charge in [0.2, 0.25) is 0 Å². The maximum Gasteiger partial charge on any atom is 0.257 e. The summed E-state index contributed by atoms with van der Waals surface area (Å²) in [5.74, 6) is 0.785. The van der Waals surface area contributed by atoms with Gasteiger partial charge in [0.1, 0.15) is 0 Å². The van der Waals surface area contributed by atoms with Crippen molar-refractivity contribution in [1.29, 1.82) is 0 Å². The quantitative estimate of drug-likeness (QED) is 0.774. The highest BCUT2D eigenvalue weighted by molar-refractivity contribution is 5.96. The largest absolute Gasteiger partial charge is 0.334 e. The van der Waals surface area contributed by atoms with Crippen LogP contribution in [0.25, 0.3) is 0 Å². The van der Waals surface area contributed by atoms with Crippen LogP contribution in [-0.2, 0) is 0 Å². The zero-order valence-electron chi connectivity index (χ0n) is 11.0. The number of hydrogen-bond donors (Lipinski definition) is 2. The van der Waals surface area contributed by atoms with Crippen LogP contribution in [0.3, 0.4) is 0 Å². The molecule has 2 atom stereocenters. The van der Waals surface area contributed by atoms with E-state index >= 15 is 0 Å². The van der Waals surface area contributed by atoms with Crippen LogP contribution >= 0.6 is 0 Å². The lowest BCUT2D eigenvalue weighted by atomic mass is 9.91. The molecule has 0 bridgehead atoms. The van der Waals surface area contributed by atoms with Crippen LogP contribution in [0.1, 0.15) is 34.6 Å². The second-order valence-electron chi connectivity index (χ2n) is 5.44. The van der Waals surface area contributed by atoms with Gasteiger partial charge >= 0.3 is 0 Å². The molecule has 2 aliphatic heterocycles. The minimum Gasteiger partial charge on any atom is -0.334 e. The molecule has 1 amide bonds. The number of nitrogens with zero attached hydrogens (tertiary/aromatic N) is 2. The Morgan fingerprint density at radius 1 is 1.39 bits per heavy atom. The topological polar surface area (TPSA) is 61.0 Å². The third kappa shape index (κ3) is 1.73. The zero-order chi connectivity index (χ0) is 12.7. The van der Waals surface area contributed by atoms with Gasteiger partial charge in [0.25, 0.3) is 5.91 Å². The summed E-state index contributed by atoms with van der Waals surface area (Å²) in [6, 6.07) is 0.375. The Labute approximate surface area is 107 Å². The zero-order valence-corrected chi connectivity index (χ0v) is 11.0. The lowest BCUT2D eigenvalue weighted by molar-refractivity contribution is 0.0573. The van der Waals surface area contributed by atoms with E-state index in [1.807, 2.05) is 13.8 Å². The predicted octanol–water partition coefficient (Wildman–Crippen LogP) is 0.851. The molecule has 5 heteroatoms. The lowest BCUT2D eigenvalue weighted by Crippen LogP contribution is -2.48. The molecule has 3 heterocycles. The van der Waals surface area contributed by atoms with Crippen LogP contribution in [-0.4, -0.2) is 46.7 Å². The summed E-state index contributed by atoms with van der Waals surface area (Å²) in [4.78, 5) is 14.7. The van der Waals surface area contributed by atoms with Gasteiger partial charge in [-0.1, -0.05) is 0 Å². The summed E-state index contributed by atoms with van der Waals surface area (Å²) in [6.07, 6.45) is 2.36. The van der Waals surface area contributed by atoms with E-state index in [4.69, 9.17) is 0 Å². The number of H-pyrrole nitrogens is 1. The van der Waals surface area contributed by atoms with Crippen molar-refractivity contribution in [2.75, 3.05) is 19.6 Å². The van der Waals surface area contributed by atoms with Gasteiger partial charge in [-0.05, 0) is 32.6 Å². The molecular formula is C13H20N4O. The van der Waals surface area contributed by atoms with Gasteiger partial charge in [-0.2, -0.15) is 5.10 Å². The Morgan fingerprint density at radius 2 is 2.22 bits per heavy atom. The molecule has 3 rings (SSSR count). The van der Waals surface area contributed by atoms with Gasteiger partial charge in [-0.3, -0.25) is 9.89 Å². The Morgan fingerprint density at radius 3 is 2.94 bits per heavy atom. The molecule has 98 valence electrons. The van der Waals surface area contributed by atoms with Crippen LogP contribution in [0, 0.1) is 19.8 Å². The molecule has 2 N–H and O–H groups in total. The highest BCUT2D eigenvalue weighted by atomic mass is 16.2. The fourth-order valence-electron chi connectivity index (χ4n) is 3.33. The van der Waals surface area contributed by atoms with Gasteiger partial charge in [0.15, 0.2) is 0 Å². The van der Waals surface area contributed by atoms with Crippen molar-refractivity contribution in [2.24, 2.45) is 5.92 Å². The van der Waals surface area contributed by atoms with Crippen molar-refractivity contribution in [3.8, 4) is 0 Å². The number of aromatic nitrogens is 2. The Balaban J connectivity index is 1.88. The molecule has 0 aromatic carbocycles. The summed E-state index contributed by atoms with van der Waals surface area (Å²) in [6.45, 7) is 6.68. The number of carbonyl (C=O) groups excluding carboxylic acids is 1. The first-order chi connectivity index (χ1) is 8.68. The second kappa shape index (κ2) is 4.39. The highest BCUT2D eigenvalue weighted by Crippen LogP contribution is 2.28. The average molecular weight is 248 g/mol. The number of hydrogen-bond acceptors (Lipinski definition) is 3. The third-order valence-corrected chi connectivity index (χ3v) is 4.28. The molecule has 1 aromatic heterocycles. The van der Waals surface area contributed by atoms with Crippen molar-refractivity contribution in [2.45, 2.75) is 32.7 Å². The number of nitrogens with one attached hydrogen (secondary N) is 2. The number of fused-ring (bicyclic) bond motifs is 1. The van der Waals surface area contributed by atoms with Crippen molar-refractivity contribution < 1.29 is 4.79 Å². The van der Waals surface area contributed by atoms with E-state index < -0.39 is 0 Å². The molecule has 0 spiro atoms. The molecule has 5 nitrogen and oxygen atoms in total. The number of rotatable bonds is 1. The summed E-state index contributed by atoms with van der Waals surface area (Å²) in [7, 11) is 0. The van der Waals surface area contributed by atoms with Gasteiger partial charge in [-0.15, -0.1) is 0 Å². The molecule has 0 saturated carbocycles. The smallest absolute Gasteiger partial charge is 0.257 e. The first-order valence-corrected chi connectivity index (χ1v) is 6.71. The minimum atomic E-state index is 0.150. The van der Waals surface area contributed by atoms with Gasteiger partial charge in [-0.25, -0.2) is 0 Å². The molecule has 1 aromatic rings. The van der Waals surface area contributed by atoms with E-state index in [0.717, 1.165) is 43.0 Å². The van der Waals surface area contributed by atoms with Crippen molar-refractivity contribution >= 4 is 5.91 Å². The van der Waals surface area contributed by atoms with Gasteiger partial charge in [0, 0.05) is 31.4 Å². The van der Waals surface area contributed by atoms with E-state index in [9.17, 15) is 4.79 Å². The Kier molecular flexibility index (Phi) is 2.86. The SMILES string of the molecule is Cc1n[nH]c(C)c1C(=O)N1CCCC2CNCC21. The monoisotopic (exact) mass is 248 g/mol. The molecule has 2 saturated heterocycles. The van der Waals surface area contributed by atoms with Crippen molar-refractivity contribution in [1.82, 2.24) is 20.4 Å². The fourth-order valence-corrected chi connectivity index (χ4v) is 3.33. The fraction of sp³-hybridized carbons (Fsp3) is 0.692. The van der Waals surface area contributed by atoms with Crippen LogP contribution in [0.2, 0.25) is 0 Å². The molecular weight excluding hydrogens is 228 g/mol. The minimum absolute atomic E-state index is 0.150. The van der Waals surface area contributed by atoms with Gasteiger partial charge < -0.3 is 10.2 Å². The first kappa shape index (κ1) is 11.7. The maximum atomic E-state index is 12.7. The maximum absolute atomic E-state index is 12.7. The average Bonchev–Trinajstić information content (AvgIpc) is 2.95. The summed E-state index contributed by atoms with van der Waals surface area (Å²) >= 11 is 0. The van der Waals surface area contributed by atoms with E-state index in [0.29, 0.717) is 12.0 Å². The Hall–Kier alpha value is -1.36. The standard InChI is InChI=1S/C13H20N4O/c1-8-12(9(2)16-15-8)13(18)17-5-3-4-10-6-14-7-11(10)17/h10-11,14H,3-7H2,1-2H3,(H,15,16). The normalized spacial score (nSPS) is 27.3. The van der Waals surface area contributed by atoms with Crippen LogP contribution < -0.4 is 5.32 Å². The third-order valence-electron chi connectivity index (χ3n) is 4.28. The number of piperidine rings is 1. The number of likely N-dealkylation sites (tertiary alicyclic amines) is 1. The summed E-state index contributed by atoms with van der Waals surface area (Å²) in [5, 5.41) is 10.4. The first-order valence-electron chi connectivity index (χ1n) is 6.71. The molecule has 18 heavy (non-hydrogen) atoms. The number of carbonyl (C=O) groups is 1. The van der Waals surface area contributed by atoms with Crippen LogP contribution in [0.15, 0.2) is 0 Å². The van der Waals surface area contributed by atoms with Crippen LogP contribution in [0.4, 0.5) is 0 Å². The van der Waals surface area contributed by atoms with E-state index in [1.54, 1.807) is 0 Å². The lowest BCUT2D eigenvalue weighted by Gasteiger charge is -2.37. The number of amides is 1. The van der Waals surface area contributed by atoms with E-state index in [-0.39, 0.29) is 5.91 Å². The number of aryl methyl sites for hydroxylation is 2. The molecule has 0 radical (unpaired) electrons. The number of aromatic amines is 1. The molecule has 2 unspecified atom stereocenters. The van der Waals surface area contributed by atoms with Crippen LogP contribution in [0.5, 0.6) is 0 Å². The van der Waals surface area contributed by atoms with Crippen molar-refractivity contribution in [3.05, 3.63) is 17.0 Å². The summed E-state index contributed by atoms with van der Waals surface area (Å²) in [5.41, 5.74) is 2.46.